The molecular formula is C27H19ClFN3OS. The maximum atomic E-state index is 13.4. The minimum absolute atomic E-state index is 0.264. The van der Waals surface area contributed by atoms with Crippen molar-refractivity contribution in [3.63, 3.8) is 0 Å². The van der Waals surface area contributed by atoms with E-state index in [1.54, 1.807) is 6.07 Å². The fourth-order valence-electron chi connectivity index (χ4n) is 3.69. The number of benzene rings is 3. The van der Waals surface area contributed by atoms with Gasteiger partial charge in [0.1, 0.15) is 5.82 Å². The molecule has 0 spiro atoms. The zero-order valence-electron chi connectivity index (χ0n) is 18.2. The first-order valence-electron chi connectivity index (χ1n) is 10.6. The van der Waals surface area contributed by atoms with Crippen LogP contribution in [-0.2, 0) is 5.75 Å². The largest absolute Gasteiger partial charge is 0.301 e. The van der Waals surface area contributed by atoms with Gasteiger partial charge < -0.3 is 4.98 Å². The summed E-state index contributed by atoms with van der Waals surface area (Å²) in [6.45, 7) is 2.03. The van der Waals surface area contributed by atoms with Gasteiger partial charge in [0.25, 0.3) is 5.56 Å². The molecule has 0 atom stereocenters. The second-order valence-corrected chi connectivity index (χ2v) is 9.25. The predicted molar refractivity (Wildman–Crippen MR) is 137 cm³/mol. The first kappa shape index (κ1) is 22.3. The average molecular weight is 488 g/mol. The Hall–Kier alpha value is -3.48. The first-order valence-corrected chi connectivity index (χ1v) is 12.0. The molecule has 34 heavy (non-hydrogen) atoms. The fourth-order valence-corrected chi connectivity index (χ4v) is 4.86. The Morgan fingerprint density at radius 1 is 0.941 bits per heavy atom. The molecule has 7 heteroatoms. The Labute approximate surface area is 204 Å². The number of aromatic nitrogens is 3. The Bertz CT molecular complexity index is 1550. The van der Waals surface area contributed by atoms with Crippen molar-refractivity contribution < 1.29 is 4.39 Å². The molecule has 0 saturated heterocycles. The predicted octanol–water partition coefficient (Wildman–Crippen LogP) is 7.05. The summed E-state index contributed by atoms with van der Waals surface area (Å²) in [6, 6.07) is 24.0. The Kier molecular flexibility index (Phi) is 6.18. The van der Waals surface area contributed by atoms with Crippen LogP contribution in [0.4, 0.5) is 4.39 Å². The summed E-state index contributed by atoms with van der Waals surface area (Å²) in [7, 11) is 0. The van der Waals surface area contributed by atoms with Gasteiger partial charge >= 0.3 is 0 Å². The van der Waals surface area contributed by atoms with Crippen LogP contribution >= 0.6 is 23.4 Å². The molecule has 5 rings (SSSR count). The molecule has 0 aliphatic heterocycles. The third-order valence-electron chi connectivity index (χ3n) is 5.47. The van der Waals surface area contributed by atoms with Crippen molar-refractivity contribution >= 4 is 34.4 Å². The number of pyridine rings is 1. The lowest BCUT2D eigenvalue weighted by atomic mass is 10.00. The van der Waals surface area contributed by atoms with Crippen LogP contribution in [0.15, 0.2) is 88.8 Å². The summed E-state index contributed by atoms with van der Waals surface area (Å²) >= 11 is 7.47. The van der Waals surface area contributed by atoms with Gasteiger partial charge in [-0.3, -0.25) is 4.79 Å². The minimum Gasteiger partial charge on any atom is -0.301 e. The molecule has 0 unspecified atom stereocenters. The Morgan fingerprint density at radius 3 is 2.44 bits per heavy atom. The van der Waals surface area contributed by atoms with Crippen molar-refractivity contribution in [1.29, 1.82) is 0 Å². The van der Waals surface area contributed by atoms with E-state index >= 15 is 0 Å². The molecule has 1 N–H and O–H groups in total. The van der Waals surface area contributed by atoms with Crippen molar-refractivity contribution in [3.05, 3.63) is 111 Å². The van der Waals surface area contributed by atoms with Crippen molar-refractivity contribution in [3.8, 4) is 22.4 Å². The van der Waals surface area contributed by atoms with Crippen LogP contribution in [0.5, 0.6) is 0 Å². The highest BCUT2D eigenvalue weighted by molar-refractivity contribution is 7.98. The number of H-pyrrole nitrogens is 1. The van der Waals surface area contributed by atoms with E-state index in [0.29, 0.717) is 27.0 Å². The summed E-state index contributed by atoms with van der Waals surface area (Å²) in [5, 5.41) is 1.19. The van der Waals surface area contributed by atoms with Gasteiger partial charge in [0.05, 0.1) is 11.1 Å². The van der Waals surface area contributed by atoms with Crippen LogP contribution in [0.25, 0.3) is 33.4 Å². The van der Waals surface area contributed by atoms with E-state index in [0.717, 1.165) is 33.5 Å². The lowest BCUT2D eigenvalue weighted by molar-refractivity contribution is 0.627. The number of hydrogen-bond acceptors (Lipinski definition) is 4. The van der Waals surface area contributed by atoms with E-state index < -0.39 is 5.82 Å². The summed E-state index contributed by atoms with van der Waals surface area (Å²) in [5.74, 6) is 0.0359. The number of fused-ring (bicyclic) bond motifs is 1. The van der Waals surface area contributed by atoms with Gasteiger partial charge in [-0.25, -0.2) is 14.4 Å². The van der Waals surface area contributed by atoms with Crippen molar-refractivity contribution in [2.24, 2.45) is 0 Å². The van der Waals surface area contributed by atoms with Gasteiger partial charge in [0.2, 0.25) is 0 Å². The number of nitrogens with zero attached hydrogens (tertiary/aromatic N) is 2. The normalized spacial score (nSPS) is 11.1. The van der Waals surface area contributed by atoms with Gasteiger partial charge in [-0.1, -0.05) is 89.6 Å². The summed E-state index contributed by atoms with van der Waals surface area (Å²) < 4.78 is 13.4. The molecule has 2 aromatic heterocycles. The molecule has 3 aromatic carbocycles. The summed E-state index contributed by atoms with van der Waals surface area (Å²) in [4.78, 5) is 25.5. The van der Waals surface area contributed by atoms with E-state index in [4.69, 9.17) is 16.6 Å². The minimum atomic E-state index is -0.391. The smallest absolute Gasteiger partial charge is 0.261 e. The number of thioether (sulfide) groups is 1. The van der Waals surface area contributed by atoms with Gasteiger partial charge in [-0.15, -0.1) is 0 Å². The highest BCUT2D eigenvalue weighted by Gasteiger charge is 2.15. The molecule has 0 fully saturated rings. The molecule has 0 amide bonds. The average Bonchev–Trinajstić information content (AvgIpc) is 2.84. The SMILES string of the molecule is Cc1ccc(-c2cc(-c3ccccc3)c3c(=O)[nH]c(SCc4ccc(F)cc4Cl)nc3n2)cc1. The van der Waals surface area contributed by atoms with Crippen LogP contribution in [-0.4, -0.2) is 15.0 Å². The van der Waals surface area contributed by atoms with Crippen LogP contribution in [0, 0.1) is 12.7 Å². The highest BCUT2D eigenvalue weighted by Crippen LogP contribution is 2.31. The standard InChI is InChI=1S/C27H19ClFN3OS/c1-16-7-9-18(10-8-16)23-14-21(17-5-3-2-4-6-17)24-25(30-23)31-27(32-26(24)33)34-15-19-11-12-20(29)13-22(19)28/h2-14H,15H2,1H3,(H,30,31,32,33). The van der Waals surface area contributed by atoms with Gasteiger partial charge in [-0.05, 0) is 36.2 Å². The van der Waals surface area contributed by atoms with Gasteiger partial charge in [0.15, 0.2) is 10.8 Å². The number of halogens is 2. The summed E-state index contributed by atoms with van der Waals surface area (Å²) in [6.07, 6.45) is 0. The van der Waals surface area contributed by atoms with Crippen molar-refractivity contribution in [1.82, 2.24) is 15.0 Å². The van der Waals surface area contributed by atoms with E-state index in [9.17, 15) is 9.18 Å². The van der Waals surface area contributed by atoms with Crippen LogP contribution in [0.2, 0.25) is 5.02 Å². The zero-order valence-corrected chi connectivity index (χ0v) is 19.8. The van der Waals surface area contributed by atoms with Crippen molar-refractivity contribution in [2.75, 3.05) is 0 Å². The Balaban J connectivity index is 1.62. The topological polar surface area (TPSA) is 58.6 Å². The molecule has 5 aromatic rings. The number of aryl methyl sites for hydroxylation is 1. The Morgan fingerprint density at radius 2 is 1.71 bits per heavy atom. The zero-order chi connectivity index (χ0) is 23.7. The quantitative estimate of drug-likeness (QED) is 0.213. The molecule has 0 aliphatic rings. The monoisotopic (exact) mass is 487 g/mol. The lowest BCUT2D eigenvalue weighted by Gasteiger charge is -2.11. The molecular weight excluding hydrogens is 469 g/mol. The van der Waals surface area contributed by atoms with E-state index in [2.05, 4.69) is 9.97 Å². The van der Waals surface area contributed by atoms with Gasteiger partial charge in [-0.2, -0.15) is 0 Å². The van der Waals surface area contributed by atoms with Crippen LogP contribution in [0.3, 0.4) is 0 Å². The van der Waals surface area contributed by atoms with Crippen molar-refractivity contribution in [2.45, 2.75) is 17.8 Å². The number of nitrogens with one attached hydrogen (secondary N) is 1. The van der Waals surface area contributed by atoms with Crippen LogP contribution < -0.4 is 5.56 Å². The molecule has 4 nitrogen and oxygen atoms in total. The lowest BCUT2D eigenvalue weighted by Crippen LogP contribution is -2.12. The molecule has 0 bridgehead atoms. The second kappa shape index (κ2) is 9.41. The number of rotatable bonds is 5. The maximum absolute atomic E-state index is 13.4. The van der Waals surface area contributed by atoms with Crippen LogP contribution in [0.1, 0.15) is 11.1 Å². The maximum Gasteiger partial charge on any atom is 0.261 e. The highest BCUT2D eigenvalue weighted by atomic mass is 35.5. The first-order chi connectivity index (χ1) is 16.5. The molecule has 168 valence electrons. The third-order valence-corrected chi connectivity index (χ3v) is 6.74. The number of aromatic amines is 1. The van der Waals surface area contributed by atoms with Gasteiger partial charge in [0, 0.05) is 21.9 Å². The summed E-state index contributed by atoms with van der Waals surface area (Å²) in [5.41, 5.74) is 5.37. The molecule has 0 aliphatic carbocycles. The molecule has 2 heterocycles. The van der Waals surface area contributed by atoms with E-state index in [1.165, 1.54) is 23.9 Å². The van der Waals surface area contributed by atoms with E-state index in [-0.39, 0.29) is 5.56 Å². The molecule has 0 radical (unpaired) electrons. The second-order valence-electron chi connectivity index (χ2n) is 7.88. The third kappa shape index (κ3) is 4.60. The fraction of sp³-hybridized carbons (Fsp3) is 0.0741. The molecule has 0 saturated carbocycles. The number of hydrogen-bond donors (Lipinski definition) is 1. The van der Waals surface area contributed by atoms with E-state index in [1.807, 2.05) is 67.6 Å².